The van der Waals surface area contributed by atoms with Gasteiger partial charge in [-0.3, -0.25) is 9.59 Å². The van der Waals surface area contributed by atoms with Crippen LogP contribution < -0.4 is 5.43 Å². The molecule has 0 saturated heterocycles. The van der Waals surface area contributed by atoms with Crippen molar-refractivity contribution in [2.75, 3.05) is 6.61 Å². The summed E-state index contributed by atoms with van der Waals surface area (Å²) in [6, 6.07) is 0. The summed E-state index contributed by atoms with van der Waals surface area (Å²) < 4.78 is 4.76. The molecular weight excluding hydrogens is 184 g/mol. The van der Waals surface area contributed by atoms with Crippen LogP contribution in [0.25, 0.3) is 0 Å². The lowest BCUT2D eigenvalue weighted by molar-refractivity contribution is -0.143. The zero-order valence-corrected chi connectivity index (χ0v) is 8.37. The van der Waals surface area contributed by atoms with Gasteiger partial charge in [-0.25, -0.2) is 5.43 Å². The SMILES string of the molecule is CCOC(=O)CC[C@@H]1C(=O)NN=C1C. The van der Waals surface area contributed by atoms with Crippen LogP contribution in [0.5, 0.6) is 0 Å². The smallest absolute Gasteiger partial charge is 0.305 e. The first kappa shape index (κ1) is 10.7. The summed E-state index contributed by atoms with van der Waals surface area (Å²) in [5.41, 5.74) is 3.11. The van der Waals surface area contributed by atoms with E-state index in [0.717, 1.165) is 5.71 Å². The maximum absolute atomic E-state index is 11.2. The average molecular weight is 198 g/mol. The second kappa shape index (κ2) is 4.74. The van der Waals surface area contributed by atoms with Crippen molar-refractivity contribution in [1.82, 2.24) is 5.43 Å². The van der Waals surface area contributed by atoms with E-state index in [0.29, 0.717) is 13.0 Å². The third-order valence-electron chi connectivity index (χ3n) is 2.11. The second-order valence-electron chi connectivity index (χ2n) is 3.13. The van der Waals surface area contributed by atoms with E-state index in [1.807, 2.05) is 0 Å². The average Bonchev–Trinajstić information content (AvgIpc) is 2.44. The minimum absolute atomic E-state index is 0.133. The Labute approximate surface area is 82.5 Å². The Balaban J connectivity index is 2.34. The minimum atomic E-state index is -0.264. The van der Waals surface area contributed by atoms with Gasteiger partial charge in [0.25, 0.3) is 0 Å². The van der Waals surface area contributed by atoms with Crippen LogP contribution in [0.2, 0.25) is 0 Å². The number of nitrogens with zero attached hydrogens (tertiary/aromatic N) is 1. The number of hydrogen-bond donors (Lipinski definition) is 1. The molecule has 1 amide bonds. The summed E-state index contributed by atoms with van der Waals surface area (Å²) >= 11 is 0. The lowest BCUT2D eigenvalue weighted by Gasteiger charge is -2.06. The van der Waals surface area contributed by atoms with Crippen LogP contribution in [0.4, 0.5) is 0 Å². The van der Waals surface area contributed by atoms with E-state index in [4.69, 9.17) is 4.74 Å². The van der Waals surface area contributed by atoms with Crippen molar-refractivity contribution in [3.05, 3.63) is 0 Å². The Morgan fingerprint density at radius 1 is 1.64 bits per heavy atom. The van der Waals surface area contributed by atoms with Crippen LogP contribution >= 0.6 is 0 Å². The molecule has 78 valence electrons. The Kier molecular flexibility index (Phi) is 3.62. The van der Waals surface area contributed by atoms with E-state index in [1.165, 1.54) is 0 Å². The summed E-state index contributed by atoms with van der Waals surface area (Å²) in [5.74, 6) is -0.661. The molecule has 0 spiro atoms. The number of carbonyl (C=O) groups excluding carboxylic acids is 2. The molecule has 1 heterocycles. The summed E-state index contributed by atoms with van der Waals surface area (Å²) in [5, 5.41) is 3.79. The highest BCUT2D eigenvalue weighted by Gasteiger charge is 2.27. The van der Waals surface area contributed by atoms with Gasteiger partial charge in [-0.05, 0) is 20.3 Å². The van der Waals surface area contributed by atoms with Crippen molar-refractivity contribution in [2.24, 2.45) is 11.0 Å². The zero-order valence-electron chi connectivity index (χ0n) is 8.37. The van der Waals surface area contributed by atoms with E-state index >= 15 is 0 Å². The monoisotopic (exact) mass is 198 g/mol. The molecule has 5 heteroatoms. The Morgan fingerprint density at radius 3 is 2.86 bits per heavy atom. The number of esters is 1. The molecule has 0 radical (unpaired) electrons. The molecule has 1 rings (SSSR count). The van der Waals surface area contributed by atoms with Gasteiger partial charge in [-0.2, -0.15) is 5.10 Å². The van der Waals surface area contributed by atoms with Crippen molar-refractivity contribution in [3.8, 4) is 0 Å². The molecule has 1 atom stereocenters. The van der Waals surface area contributed by atoms with Gasteiger partial charge in [0.15, 0.2) is 0 Å². The van der Waals surface area contributed by atoms with Crippen LogP contribution in [-0.4, -0.2) is 24.2 Å². The van der Waals surface area contributed by atoms with Crippen LogP contribution in [0.1, 0.15) is 26.7 Å². The van der Waals surface area contributed by atoms with Gasteiger partial charge in [0, 0.05) is 12.1 Å². The number of amides is 1. The van der Waals surface area contributed by atoms with Gasteiger partial charge in [0.1, 0.15) is 0 Å². The molecule has 1 aliphatic heterocycles. The van der Waals surface area contributed by atoms with E-state index < -0.39 is 0 Å². The molecule has 0 aliphatic carbocycles. The van der Waals surface area contributed by atoms with Crippen molar-refractivity contribution >= 4 is 17.6 Å². The van der Waals surface area contributed by atoms with Crippen molar-refractivity contribution in [1.29, 1.82) is 0 Å². The van der Waals surface area contributed by atoms with E-state index in [2.05, 4.69) is 10.5 Å². The van der Waals surface area contributed by atoms with Crippen LogP contribution in [0.3, 0.4) is 0 Å². The van der Waals surface area contributed by atoms with Crippen LogP contribution in [0.15, 0.2) is 5.10 Å². The topological polar surface area (TPSA) is 67.8 Å². The number of nitrogens with one attached hydrogen (secondary N) is 1. The molecule has 1 N–H and O–H groups in total. The molecule has 0 aromatic carbocycles. The molecule has 0 aromatic heterocycles. The lowest BCUT2D eigenvalue weighted by Crippen LogP contribution is -2.23. The molecular formula is C9H14N2O3. The van der Waals surface area contributed by atoms with Crippen molar-refractivity contribution in [2.45, 2.75) is 26.7 Å². The third kappa shape index (κ3) is 2.55. The van der Waals surface area contributed by atoms with Gasteiger partial charge in [-0.1, -0.05) is 0 Å². The fourth-order valence-corrected chi connectivity index (χ4v) is 1.32. The first-order valence-corrected chi connectivity index (χ1v) is 4.64. The predicted molar refractivity (Wildman–Crippen MR) is 50.6 cm³/mol. The van der Waals surface area contributed by atoms with Gasteiger partial charge < -0.3 is 4.74 Å². The van der Waals surface area contributed by atoms with Gasteiger partial charge >= 0.3 is 5.97 Å². The lowest BCUT2D eigenvalue weighted by atomic mass is 9.99. The number of hydrazone groups is 1. The summed E-state index contributed by atoms with van der Waals surface area (Å²) in [7, 11) is 0. The maximum atomic E-state index is 11.2. The molecule has 5 nitrogen and oxygen atoms in total. The summed E-state index contributed by atoms with van der Waals surface area (Å²) in [6.45, 7) is 3.91. The molecule has 0 fully saturated rings. The fourth-order valence-electron chi connectivity index (χ4n) is 1.32. The largest absolute Gasteiger partial charge is 0.466 e. The number of ether oxygens (including phenoxy) is 1. The quantitative estimate of drug-likeness (QED) is 0.667. The fraction of sp³-hybridized carbons (Fsp3) is 0.667. The maximum Gasteiger partial charge on any atom is 0.305 e. The Bertz CT molecular complexity index is 273. The number of hydrogen-bond acceptors (Lipinski definition) is 4. The Morgan fingerprint density at radius 2 is 2.36 bits per heavy atom. The highest BCUT2D eigenvalue weighted by molar-refractivity contribution is 6.06. The first-order chi connectivity index (χ1) is 6.65. The standard InChI is InChI=1S/C9H14N2O3/c1-3-14-8(12)5-4-7-6(2)10-11-9(7)13/h7H,3-5H2,1-2H3,(H,11,13)/t7-/m0/s1. The highest BCUT2D eigenvalue weighted by atomic mass is 16.5. The van der Waals surface area contributed by atoms with Crippen LogP contribution in [0, 0.1) is 5.92 Å². The molecule has 0 saturated carbocycles. The van der Waals surface area contributed by atoms with E-state index in [1.54, 1.807) is 13.8 Å². The first-order valence-electron chi connectivity index (χ1n) is 4.64. The van der Waals surface area contributed by atoms with E-state index in [-0.39, 0.29) is 24.2 Å². The normalized spacial score (nSPS) is 20.3. The molecule has 0 unspecified atom stereocenters. The van der Waals surface area contributed by atoms with Gasteiger partial charge in [0.05, 0.1) is 12.5 Å². The predicted octanol–water partition coefficient (Wildman–Crippen LogP) is 0.452. The van der Waals surface area contributed by atoms with E-state index in [9.17, 15) is 9.59 Å². The number of rotatable bonds is 4. The third-order valence-corrected chi connectivity index (χ3v) is 2.11. The highest BCUT2D eigenvalue weighted by Crippen LogP contribution is 2.13. The zero-order chi connectivity index (χ0) is 10.6. The van der Waals surface area contributed by atoms with Crippen molar-refractivity contribution < 1.29 is 14.3 Å². The molecule has 0 aromatic rings. The minimum Gasteiger partial charge on any atom is -0.466 e. The van der Waals surface area contributed by atoms with Crippen molar-refractivity contribution in [3.63, 3.8) is 0 Å². The Hall–Kier alpha value is -1.39. The van der Waals surface area contributed by atoms with Gasteiger partial charge in [-0.15, -0.1) is 0 Å². The molecule has 14 heavy (non-hydrogen) atoms. The molecule has 1 aliphatic rings. The molecule has 0 bridgehead atoms. The summed E-state index contributed by atoms with van der Waals surface area (Å²) in [6.07, 6.45) is 0.735. The second-order valence-corrected chi connectivity index (χ2v) is 3.13. The van der Waals surface area contributed by atoms with Crippen LogP contribution in [-0.2, 0) is 14.3 Å². The van der Waals surface area contributed by atoms with Gasteiger partial charge in [0.2, 0.25) is 5.91 Å². The summed E-state index contributed by atoms with van der Waals surface area (Å²) in [4.78, 5) is 22.2. The number of carbonyl (C=O) groups is 2.